The molecule has 0 spiro atoms. The molecule has 2 nitrogen and oxygen atoms in total. The summed E-state index contributed by atoms with van der Waals surface area (Å²) in [6.45, 7) is 4.41. The third-order valence-electron chi connectivity index (χ3n) is 2.93. The van der Waals surface area contributed by atoms with Gasteiger partial charge in [0, 0.05) is 5.38 Å². The van der Waals surface area contributed by atoms with Crippen LogP contribution in [0.25, 0.3) is 0 Å². The van der Waals surface area contributed by atoms with E-state index in [1.54, 1.807) is 11.3 Å². The molecule has 1 heterocycles. The summed E-state index contributed by atoms with van der Waals surface area (Å²) >= 11 is 1.59. The molecule has 0 aliphatic heterocycles. The number of benzene rings is 1. The summed E-state index contributed by atoms with van der Waals surface area (Å²) in [4.78, 5) is 4.25. The second kappa shape index (κ2) is 5.43. The minimum Gasteiger partial charge on any atom is -0.322 e. The Morgan fingerprint density at radius 3 is 2.47 bits per heavy atom. The van der Waals surface area contributed by atoms with Crippen LogP contribution in [0.4, 0.5) is 0 Å². The number of rotatable bonds is 4. The SMILES string of the molecule is CC(C)c1ccc(CC(N)c2cscn2)cc1. The van der Waals surface area contributed by atoms with Crippen LogP contribution in [0.2, 0.25) is 0 Å². The molecule has 0 aliphatic rings. The van der Waals surface area contributed by atoms with Crippen molar-refractivity contribution < 1.29 is 0 Å². The summed E-state index contributed by atoms with van der Waals surface area (Å²) in [7, 11) is 0. The van der Waals surface area contributed by atoms with Crippen molar-refractivity contribution in [2.24, 2.45) is 5.73 Å². The second-order valence-electron chi connectivity index (χ2n) is 4.62. The van der Waals surface area contributed by atoms with Crippen LogP contribution in [0.1, 0.15) is 42.6 Å². The first kappa shape index (κ1) is 12.3. The zero-order valence-corrected chi connectivity index (χ0v) is 11.1. The van der Waals surface area contributed by atoms with E-state index >= 15 is 0 Å². The van der Waals surface area contributed by atoms with E-state index in [9.17, 15) is 0 Å². The van der Waals surface area contributed by atoms with Crippen LogP contribution >= 0.6 is 11.3 Å². The monoisotopic (exact) mass is 246 g/mol. The van der Waals surface area contributed by atoms with E-state index in [1.807, 2.05) is 10.9 Å². The third-order valence-corrected chi connectivity index (χ3v) is 3.54. The molecule has 1 aromatic carbocycles. The average Bonchev–Trinajstić information content (AvgIpc) is 2.83. The van der Waals surface area contributed by atoms with Crippen LogP contribution in [0.15, 0.2) is 35.2 Å². The fraction of sp³-hybridized carbons (Fsp3) is 0.357. The van der Waals surface area contributed by atoms with Crippen molar-refractivity contribution in [3.8, 4) is 0 Å². The van der Waals surface area contributed by atoms with Crippen LogP contribution in [0.5, 0.6) is 0 Å². The predicted molar refractivity (Wildman–Crippen MR) is 73.3 cm³/mol. The van der Waals surface area contributed by atoms with Crippen molar-refractivity contribution in [2.75, 3.05) is 0 Å². The lowest BCUT2D eigenvalue weighted by molar-refractivity contribution is 0.701. The Labute approximate surface area is 107 Å². The van der Waals surface area contributed by atoms with E-state index in [1.165, 1.54) is 11.1 Å². The third kappa shape index (κ3) is 3.14. The Hall–Kier alpha value is -1.19. The molecule has 17 heavy (non-hydrogen) atoms. The van der Waals surface area contributed by atoms with Gasteiger partial charge in [0.15, 0.2) is 0 Å². The summed E-state index contributed by atoms with van der Waals surface area (Å²) in [5, 5.41) is 2.02. The molecule has 0 saturated heterocycles. The van der Waals surface area contributed by atoms with E-state index in [2.05, 4.69) is 43.1 Å². The molecule has 2 rings (SSSR count). The smallest absolute Gasteiger partial charge is 0.0795 e. The van der Waals surface area contributed by atoms with Crippen LogP contribution in [-0.2, 0) is 6.42 Å². The second-order valence-corrected chi connectivity index (χ2v) is 5.34. The number of hydrogen-bond acceptors (Lipinski definition) is 3. The summed E-state index contributed by atoms with van der Waals surface area (Å²) < 4.78 is 0. The maximum absolute atomic E-state index is 6.11. The van der Waals surface area contributed by atoms with Crippen molar-refractivity contribution >= 4 is 11.3 Å². The fourth-order valence-electron chi connectivity index (χ4n) is 1.80. The van der Waals surface area contributed by atoms with E-state index in [0.29, 0.717) is 5.92 Å². The number of hydrogen-bond donors (Lipinski definition) is 1. The molecule has 0 radical (unpaired) electrons. The minimum atomic E-state index is 0.00569. The van der Waals surface area contributed by atoms with Gasteiger partial charge in [-0.3, -0.25) is 0 Å². The molecule has 2 aromatic rings. The van der Waals surface area contributed by atoms with E-state index in [0.717, 1.165) is 12.1 Å². The Bertz CT molecular complexity index is 446. The molecule has 3 heteroatoms. The van der Waals surface area contributed by atoms with Crippen LogP contribution in [-0.4, -0.2) is 4.98 Å². The summed E-state index contributed by atoms with van der Waals surface area (Å²) in [6.07, 6.45) is 0.849. The van der Waals surface area contributed by atoms with Crippen molar-refractivity contribution in [1.82, 2.24) is 4.98 Å². The molecular weight excluding hydrogens is 228 g/mol. The lowest BCUT2D eigenvalue weighted by Gasteiger charge is -2.10. The van der Waals surface area contributed by atoms with Crippen LogP contribution in [0.3, 0.4) is 0 Å². The fourth-order valence-corrected chi connectivity index (χ4v) is 2.42. The largest absolute Gasteiger partial charge is 0.322 e. The average molecular weight is 246 g/mol. The van der Waals surface area contributed by atoms with Crippen molar-refractivity contribution in [3.05, 3.63) is 52.0 Å². The molecule has 0 fully saturated rings. The van der Waals surface area contributed by atoms with Crippen LogP contribution in [0, 0.1) is 0 Å². The van der Waals surface area contributed by atoms with E-state index in [4.69, 9.17) is 5.73 Å². The van der Waals surface area contributed by atoms with Gasteiger partial charge in [-0.1, -0.05) is 38.1 Å². The van der Waals surface area contributed by atoms with Gasteiger partial charge in [0.2, 0.25) is 0 Å². The van der Waals surface area contributed by atoms with Gasteiger partial charge < -0.3 is 5.73 Å². The summed E-state index contributed by atoms with van der Waals surface area (Å²) in [5.74, 6) is 0.580. The number of aromatic nitrogens is 1. The Kier molecular flexibility index (Phi) is 3.92. The highest BCUT2D eigenvalue weighted by Crippen LogP contribution is 2.19. The molecule has 0 amide bonds. The van der Waals surface area contributed by atoms with Gasteiger partial charge in [-0.2, -0.15) is 0 Å². The predicted octanol–water partition coefficient (Wildman–Crippen LogP) is 3.51. The lowest BCUT2D eigenvalue weighted by atomic mass is 9.99. The highest BCUT2D eigenvalue weighted by atomic mass is 32.1. The maximum Gasteiger partial charge on any atom is 0.0795 e. The summed E-state index contributed by atoms with van der Waals surface area (Å²) in [6, 6.07) is 8.72. The molecular formula is C14H18N2S. The van der Waals surface area contributed by atoms with Gasteiger partial charge >= 0.3 is 0 Å². The molecule has 0 saturated carbocycles. The molecule has 2 N–H and O–H groups in total. The first-order valence-corrected chi connectivity index (χ1v) is 6.83. The van der Waals surface area contributed by atoms with Gasteiger partial charge in [0.05, 0.1) is 17.2 Å². The van der Waals surface area contributed by atoms with Crippen molar-refractivity contribution in [2.45, 2.75) is 32.2 Å². The summed E-state index contributed by atoms with van der Waals surface area (Å²) in [5.41, 5.74) is 11.6. The first-order valence-electron chi connectivity index (χ1n) is 5.89. The zero-order valence-electron chi connectivity index (χ0n) is 10.3. The van der Waals surface area contributed by atoms with Gasteiger partial charge in [0.1, 0.15) is 0 Å². The van der Waals surface area contributed by atoms with Crippen LogP contribution < -0.4 is 5.73 Å². The highest BCUT2D eigenvalue weighted by Gasteiger charge is 2.09. The van der Waals surface area contributed by atoms with Gasteiger partial charge in [0.25, 0.3) is 0 Å². The number of thiazole rings is 1. The van der Waals surface area contributed by atoms with Gasteiger partial charge in [-0.25, -0.2) is 4.98 Å². The zero-order chi connectivity index (χ0) is 12.3. The Morgan fingerprint density at radius 2 is 1.94 bits per heavy atom. The van der Waals surface area contributed by atoms with E-state index in [-0.39, 0.29) is 6.04 Å². The number of nitrogens with two attached hydrogens (primary N) is 1. The number of nitrogens with zero attached hydrogens (tertiary/aromatic N) is 1. The van der Waals surface area contributed by atoms with Crippen molar-refractivity contribution in [3.63, 3.8) is 0 Å². The molecule has 1 atom stereocenters. The maximum atomic E-state index is 6.11. The van der Waals surface area contributed by atoms with Gasteiger partial charge in [-0.05, 0) is 23.5 Å². The lowest BCUT2D eigenvalue weighted by Crippen LogP contribution is -2.13. The van der Waals surface area contributed by atoms with Gasteiger partial charge in [-0.15, -0.1) is 11.3 Å². The highest BCUT2D eigenvalue weighted by molar-refractivity contribution is 7.07. The normalized spacial score (nSPS) is 12.9. The molecule has 1 aromatic heterocycles. The Morgan fingerprint density at radius 1 is 1.24 bits per heavy atom. The molecule has 90 valence electrons. The standard InChI is InChI=1S/C14H18N2S/c1-10(2)12-5-3-11(4-6-12)7-13(15)14-8-17-9-16-14/h3-6,8-10,13H,7,15H2,1-2H3. The molecule has 0 bridgehead atoms. The van der Waals surface area contributed by atoms with E-state index < -0.39 is 0 Å². The minimum absolute atomic E-state index is 0.00569. The van der Waals surface area contributed by atoms with Crippen molar-refractivity contribution in [1.29, 1.82) is 0 Å². The molecule has 0 aliphatic carbocycles. The first-order chi connectivity index (χ1) is 8.16. The topological polar surface area (TPSA) is 38.9 Å². The Balaban J connectivity index is 2.04. The quantitative estimate of drug-likeness (QED) is 0.896. The molecule has 1 unspecified atom stereocenters.